The van der Waals surface area contributed by atoms with Crippen molar-refractivity contribution < 1.29 is 4.74 Å². The molecule has 1 N–H and O–H groups in total. The topological polar surface area (TPSA) is 39.1 Å². The van der Waals surface area contributed by atoms with Gasteiger partial charge in [-0.15, -0.1) is 0 Å². The highest BCUT2D eigenvalue weighted by Crippen LogP contribution is 2.21. The molecule has 0 amide bonds. The van der Waals surface area contributed by atoms with Crippen molar-refractivity contribution in [2.45, 2.75) is 33.9 Å². The fourth-order valence-corrected chi connectivity index (χ4v) is 2.07. The average molecular weight is 259 g/mol. The smallest absolute Gasteiger partial charge is 0.119 e. The molecule has 19 heavy (non-hydrogen) atoms. The van der Waals surface area contributed by atoms with Gasteiger partial charge in [0.05, 0.1) is 18.8 Å². The number of nitrogens with one attached hydrogen (secondary N) is 1. The first kappa shape index (κ1) is 13.5. The van der Waals surface area contributed by atoms with E-state index in [4.69, 9.17) is 4.74 Å². The van der Waals surface area contributed by atoms with E-state index in [9.17, 15) is 0 Å². The van der Waals surface area contributed by atoms with E-state index in [-0.39, 0.29) is 0 Å². The minimum Gasteiger partial charge on any atom is -0.494 e. The molecule has 0 saturated carbocycles. The number of hydrogen-bond acceptors (Lipinski definition) is 3. The van der Waals surface area contributed by atoms with Gasteiger partial charge in [-0.2, -0.15) is 5.10 Å². The van der Waals surface area contributed by atoms with E-state index in [1.165, 1.54) is 11.3 Å². The fourth-order valence-electron chi connectivity index (χ4n) is 2.07. The molecule has 0 aliphatic heterocycles. The Balaban J connectivity index is 2.03. The summed E-state index contributed by atoms with van der Waals surface area (Å²) >= 11 is 0. The quantitative estimate of drug-likeness (QED) is 0.865. The second kappa shape index (κ2) is 6.27. The van der Waals surface area contributed by atoms with Gasteiger partial charge in [-0.3, -0.25) is 4.68 Å². The predicted octanol–water partition coefficient (Wildman–Crippen LogP) is 3.22. The molecule has 1 aromatic heterocycles. The second-order valence-electron chi connectivity index (χ2n) is 4.40. The number of hydrogen-bond donors (Lipinski definition) is 1. The van der Waals surface area contributed by atoms with Crippen LogP contribution < -0.4 is 10.1 Å². The Labute approximate surface area is 114 Å². The lowest BCUT2D eigenvalue weighted by atomic mass is 10.2. The molecule has 1 heterocycles. The van der Waals surface area contributed by atoms with Crippen molar-refractivity contribution in [3.05, 3.63) is 41.7 Å². The Bertz CT molecular complexity index is 534. The third kappa shape index (κ3) is 3.28. The highest BCUT2D eigenvalue weighted by atomic mass is 16.5. The van der Waals surface area contributed by atoms with Crippen molar-refractivity contribution in [1.82, 2.24) is 9.78 Å². The maximum atomic E-state index is 5.49. The molecule has 0 bridgehead atoms. The van der Waals surface area contributed by atoms with Crippen LogP contribution in [0.3, 0.4) is 0 Å². The number of benzene rings is 1. The largest absolute Gasteiger partial charge is 0.494 e. The molecule has 0 aliphatic carbocycles. The summed E-state index contributed by atoms with van der Waals surface area (Å²) in [5, 5.41) is 7.71. The van der Waals surface area contributed by atoms with Crippen LogP contribution in [0.2, 0.25) is 0 Å². The minimum absolute atomic E-state index is 0.696. The zero-order chi connectivity index (χ0) is 13.7. The number of nitrogens with zero attached hydrogens (tertiary/aromatic N) is 2. The SMILES string of the molecule is CCOc1ccc(NCc2ccnn2CC)c(C)c1. The van der Waals surface area contributed by atoms with Crippen LogP contribution in [0, 0.1) is 6.92 Å². The second-order valence-corrected chi connectivity index (χ2v) is 4.40. The number of ether oxygens (including phenoxy) is 1. The Morgan fingerprint density at radius 1 is 1.26 bits per heavy atom. The molecule has 0 fully saturated rings. The van der Waals surface area contributed by atoms with E-state index >= 15 is 0 Å². The van der Waals surface area contributed by atoms with Crippen LogP contribution in [0.15, 0.2) is 30.5 Å². The van der Waals surface area contributed by atoms with Gasteiger partial charge >= 0.3 is 0 Å². The van der Waals surface area contributed by atoms with Crippen LogP contribution in [0.5, 0.6) is 5.75 Å². The van der Waals surface area contributed by atoms with Crippen LogP contribution in [-0.4, -0.2) is 16.4 Å². The van der Waals surface area contributed by atoms with Crippen LogP contribution in [0.4, 0.5) is 5.69 Å². The van der Waals surface area contributed by atoms with E-state index in [1.807, 2.05) is 29.9 Å². The van der Waals surface area contributed by atoms with Crippen LogP contribution >= 0.6 is 0 Å². The standard InChI is InChI=1S/C15H21N3O/c1-4-18-13(8-9-17-18)11-16-15-7-6-14(19-5-2)10-12(15)3/h6-10,16H,4-5,11H2,1-3H3. The molecule has 0 aliphatic rings. The average Bonchev–Trinajstić information content (AvgIpc) is 2.85. The Kier molecular flexibility index (Phi) is 4.44. The van der Waals surface area contributed by atoms with Gasteiger partial charge in [0.1, 0.15) is 5.75 Å². The van der Waals surface area contributed by atoms with Gasteiger partial charge in [-0.25, -0.2) is 0 Å². The van der Waals surface area contributed by atoms with Gasteiger partial charge < -0.3 is 10.1 Å². The first-order valence-electron chi connectivity index (χ1n) is 6.72. The van der Waals surface area contributed by atoms with Gasteiger partial charge in [0, 0.05) is 18.4 Å². The Morgan fingerprint density at radius 3 is 2.79 bits per heavy atom. The maximum Gasteiger partial charge on any atom is 0.119 e. The van der Waals surface area contributed by atoms with Gasteiger partial charge in [0.15, 0.2) is 0 Å². The van der Waals surface area contributed by atoms with E-state index in [0.29, 0.717) is 6.61 Å². The molecule has 0 unspecified atom stereocenters. The molecule has 0 atom stereocenters. The Morgan fingerprint density at radius 2 is 2.11 bits per heavy atom. The minimum atomic E-state index is 0.696. The van der Waals surface area contributed by atoms with E-state index in [1.54, 1.807) is 0 Å². The molecule has 0 spiro atoms. The van der Waals surface area contributed by atoms with Crippen molar-refractivity contribution in [2.75, 3.05) is 11.9 Å². The third-order valence-electron chi connectivity index (χ3n) is 3.07. The molecule has 2 aromatic rings. The third-order valence-corrected chi connectivity index (χ3v) is 3.07. The number of rotatable bonds is 6. The van der Waals surface area contributed by atoms with E-state index < -0.39 is 0 Å². The molecule has 102 valence electrons. The summed E-state index contributed by atoms with van der Waals surface area (Å²) in [7, 11) is 0. The normalized spacial score (nSPS) is 10.5. The molecule has 4 heteroatoms. The molecular weight excluding hydrogens is 238 g/mol. The van der Waals surface area contributed by atoms with E-state index in [0.717, 1.165) is 24.5 Å². The van der Waals surface area contributed by atoms with Crippen molar-refractivity contribution >= 4 is 5.69 Å². The van der Waals surface area contributed by atoms with Gasteiger partial charge in [0.25, 0.3) is 0 Å². The van der Waals surface area contributed by atoms with Gasteiger partial charge in [-0.05, 0) is 50.6 Å². The summed E-state index contributed by atoms with van der Waals surface area (Å²) in [4.78, 5) is 0. The van der Waals surface area contributed by atoms with E-state index in [2.05, 4.69) is 36.4 Å². The molecule has 4 nitrogen and oxygen atoms in total. The van der Waals surface area contributed by atoms with Crippen LogP contribution in [0.1, 0.15) is 25.1 Å². The number of aromatic nitrogens is 2. The zero-order valence-electron chi connectivity index (χ0n) is 11.8. The first-order chi connectivity index (χ1) is 9.24. The predicted molar refractivity (Wildman–Crippen MR) is 77.6 cm³/mol. The van der Waals surface area contributed by atoms with Crippen LogP contribution in [-0.2, 0) is 13.1 Å². The first-order valence-corrected chi connectivity index (χ1v) is 6.72. The number of aryl methyl sites for hydroxylation is 2. The van der Waals surface area contributed by atoms with Crippen LogP contribution in [0.25, 0.3) is 0 Å². The van der Waals surface area contributed by atoms with Crippen molar-refractivity contribution in [1.29, 1.82) is 0 Å². The maximum absolute atomic E-state index is 5.49. The molecule has 1 aromatic carbocycles. The highest BCUT2D eigenvalue weighted by Gasteiger charge is 2.03. The summed E-state index contributed by atoms with van der Waals surface area (Å²) in [5.41, 5.74) is 3.51. The molecule has 0 saturated heterocycles. The zero-order valence-corrected chi connectivity index (χ0v) is 11.8. The monoisotopic (exact) mass is 259 g/mol. The molecular formula is C15H21N3O. The summed E-state index contributed by atoms with van der Waals surface area (Å²) in [6.45, 7) is 8.55. The van der Waals surface area contributed by atoms with Crippen molar-refractivity contribution in [2.24, 2.45) is 0 Å². The fraction of sp³-hybridized carbons (Fsp3) is 0.400. The van der Waals surface area contributed by atoms with Crippen molar-refractivity contribution in [3.63, 3.8) is 0 Å². The summed E-state index contributed by atoms with van der Waals surface area (Å²) in [5.74, 6) is 0.921. The lowest BCUT2D eigenvalue weighted by Gasteiger charge is -2.12. The van der Waals surface area contributed by atoms with Crippen molar-refractivity contribution in [3.8, 4) is 5.75 Å². The Hall–Kier alpha value is -1.97. The molecule has 0 radical (unpaired) electrons. The summed E-state index contributed by atoms with van der Waals surface area (Å²) in [6, 6.07) is 8.16. The summed E-state index contributed by atoms with van der Waals surface area (Å²) in [6.07, 6.45) is 1.84. The highest BCUT2D eigenvalue weighted by molar-refractivity contribution is 5.53. The summed E-state index contributed by atoms with van der Waals surface area (Å²) < 4.78 is 7.48. The lowest BCUT2D eigenvalue weighted by Crippen LogP contribution is -2.08. The lowest BCUT2D eigenvalue weighted by molar-refractivity contribution is 0.340. The molecule has 2 rings (SSSR count). The van der Waals surface area contributed by atoms with Gasteiger partial charge in [-0.1, -0.05) is 0 Å². The van der Waals surface area contributed by atoms with Gasteiger partial charge in [0.2, 0.25) is 0 Å². The number of anilines is 1.